The van der Waals surface area contributed by atoms with Crippen LogP contribution in [0.1, 0.15) is 41.6 Å². The number of carbonyl (C=O) groups is 4. The van der Waals surface area contributed by atoms with E-state index in [0.717, 1.165) is 5.56 Å². The lowest BCUT2D eigenvalue weighted by Crippen LogP contribution is -2.61. The fourth-order valence-corrected chi connectivity index (χ4v) is 6.18. The average molecular weight is 574 g/mol. The van der Waals surface area contributed by atoms with Gasteiger partial charge in [-0.1, -0.05) is 30.3 Å². The molecule has 1 fully saturated rings. The number of thioether (sulfide) groups is 1. The minimum Gasteiger partial charge on any atom is -0.370 e. The Kier molecular flexibility index (Phi) is 11.7. The number of ketones is 1. The highest BCUT2D eigenvalue weighted by Gasteiger charge is 2.38. The van der Waals surface area contributed by atoms with Gasteiger partial charge >= 0.3 is 0 Å². The number of thiazole rings is 1. The molecule has 2 heterocycles. The first kappa shape index (κ1) is 30.1. The molecule has 0 spiro atoms. The number of guanidine groups is 1. The van der Waals surface area contributed by atoms with Gasteiger partial charge in [-0.3, -0.25) is 24.2 Å². The van der Waals surface area contributed by atoms with Crippen LogP contribution in [0.2, 0.25) is 0 Å². The Morgan fingerprint density at radius 1 is 1.18 bits per heavy atom. The Morgan fingerprint density at radius 3 is 2.62 bits per heavy atom. The van der Waals surface area contributed by atoms with Crippen molar-refractivity contribution in [1.82, 2.24) is 20.5 Å². The molecule has 0 aliphatic carbocycles. The van der Waals surface area contributed by atoms with Gasteiger partial charge in [0.15, 0.2) is 11.0 Å². The van der Waals surface area contributed by atoms with Crippen molar-refractivity contribution in [3.8, 4) is 0 Å². The molecule has 39 heavy (non-hydrogen) atoms. The van der Waals surface area contributed by atoms with Crippen molar-refractivity contribution >= 4 is 52.6 Å². The Balaban J connectivity index is 1.62. The number of carbonyl (C=O) groups excluding carboxylic acids is 4. The zero-order chi connectivity index (χ0) is 28.2. The van der Waals surface area contributed by atoms with Gasteiger partial charge < -0.3 is 27.0 Å². The van der Waals surface area contributed by atoms with Crippen molar-refractivity contribution in [3.63, 3.8) is 0 Å². The van der Waals surface area contributed by atoms with Crippen LogP contribution in [0.25, 0.3) is 0 Å². The normalized spacial score (nSPS) is 17.6. The fourth-order valence-electron chi connectivity index (χ4n) is 4.32. The summed E-state index contributed by atoms with van der Waals surface area (Å²) in [5, 5.41) is 7.75. The second kappa shape index (κ2) is 15.2. The monoisotopic (exact) mass is 573 g/mol. The van der Waals surface area contributed by atoms with E-state index in [9.17, 15) is 19.2 Å². The van der Waals surface area contributed by atoms with Crippen LogP contribution >= 0.6 is 23.1 Å². The summed E-state index contributed by atoms with van der Waals surface area (Å²) in [4.78, 5) is 61.2. The molecule has 0 bridgehead atoms. The second-order valence-electron chi connectivity index (χ2n) is 9.13. The molecule has 3 rings (SSSR count). The first-order valence-electron chi connectivity index (χ1n) is 12.7. The molecule has 1 aromatic carbocycles. The molecule has 0 radical (unpaired) electrons. The summed E-state index contributed by atoms with van der Waals surface area (Å²) in [5.74, 6) is -0.185. The molecule has 1 aromatic heterocycles. The summed E-state index contributed by atoms with van der Waals surface area (Å²) in [7, 11) is 0. The molecule has 210 valence electrons. The molecular weight excluding hydrogens is 538 g/mol. The number of benzene rings is 1. The second-order valence-corrected chi connectivity index (χ2v) is 11.1. The summed E-state index contributed by atoms with van der Waals surface area (Å²) in [5.41, 5.74) is 11.8. The summed E-state index contributed by atoms with van der Waals surface area (Å²) in [6, 6.07) is 7.76. The van der Waals surface area contributed by atoms with Crippen LogP contribution in [-0.2, 0) is 20.8 Å². The first-order chi connectivity index (χ1) is 18.8. The van der Waals surface area contributed by atoms with Gasteiger partial charge in [0.25, 0.3) is 0 Å². The van der Waals surface area contributed by atoms with Crippen molar-refractivity contribution < 1.29 is 19.2 Å². The van der Waals surface area contributed by atoms with Gasteiger partial charge in [-0.05, 0) is 24.8 Å². The molecule has 1 saturated heterocycles. The Hall–Kier alpha value is -3.45. The number of nitrogens with one attached hydrogen (secondary N) is 2. The maximum Gasteiger partial charge on any atom is 0.244 e. The van der Waals surface area contributed by atoms with Crippen molar-refractivity contribution in [2.24, 2.45) is 16.5 Å². The zero-order valence-corrected chi connectivity index (χ0v) is 23.5. The van der Waals surface area contributed by atoms with E-state index in [-0.39, 0.29) is 36.1 Å². The number of rotatable bonds is 13. The number of Topliss-reactive ketones (excluding diaryl/α,β-unsaturated/α-hetero) is 1. The van der Waals surface area contributed by atoms with Crippen molar-refractivity contribution in [2.75, 3.05) is 24.6 Å². The number of aryl methyl sites for hydroxylation is 1. The first-order valence-corrected chi connectivity index (χ1v) is 14.8. The van der Waals surface area contributed by atoms with Gasteiger partial charge in [-0.25, -0.2) is 4.98 Å². The molecular formula is C26H35N7O4S2. The summed E-state index contributed by atoms with van der Waals surface area (Å²) in [6.07, 6.45) is 3.25. The van der Waals surface area contributed by atoms with Crippen molar-refractivity contribution in [2.45, 2.75) is 50.7 Å². The molecule has 3 amide bonds. The van der Waals surface area contributed by atoms with Crippen LogP contribution in [0.4, 0.5) is 0 Å². The average Bonchev–Trinajstić information content (AvgIpc) is 3.47. The summed E-state index contributed by atoms with van der Waals surface area (Å²) in [6.45, 7) is 1.96. The van der Waals surface area contributed by atoms with E-state index >= 15 is 0 Å². The van der Waals surface area contributed by atoms with E-state index in [1.54, 1.807) is 5.38 Å². The lowest BCUT2D eigenvalue weighted by atomic mass is 10.1. The van der Waals surface area contributed by atoms with E-state index in [4.69, 9.17) is 11.5 Å². The maximum atomic E-state index is 13.4. The smallest absolute Gasteiger partial charge is 0.244 e. The minimum atomic E-state index is -0.838. The highest BCUT2D eigenvalue weighted by molar-refractivity contribution is 7.99. The van der Waals surface area contributed by atoms with Gasteiger partial charge in [0.1, 0.15) is 6.04 Å². The topological polar surface area (TPSA) is 173 Å². The quantitative estimate of drug-likeness (QED) is 0.119. The Bertz CT molecular complexity index is 1140. The molecule has 0 saturated carbocycles. The predicted octanol–water partition coefficient (Wildman–Crippen LogP) is 0.946. The van der Waals surface area contributed by atoms with Gasteiger partial charge in [0.05, 0.1) is 12.1 Å². The van der Waals surface area contributed by atoms with E-state index in [1.807, 2.05) is 30.3 Å². The Morgan fingerprint density at radius 2 is 1.95 bits per heavy atom. The molecule has 11 nitrogen and oxygen atoms in total. The Labute approximate surface area is 236 Å². The SMILES string of the molecule is CC(=O)N1[C@H](CNC(=O)CCc2ccccc2)CSC[C@H]1C(=O)NC(CCCN=C(N)N)C(=O)c1nccs1. The number of nitrogens with zero attached hydrogens (tertiary/aromatic N) is 3. The van der Waals surface area contributed by atoms with Crippen molar-refractivity contribution in [3.05, 3.63) is 52.5 Å². The molecule has 13 heteroatoms. The number of hydrogen-bond donors (Lipinski definition) is 4. The third-order valence-corrected chi connectivity index (χ3v) is 8.18. The lowest BCUT2D eigenvalue weighted by molar-refractivity contribution is -0.141. The van der Waals surface area contributed by atoms with Crippen LogP contribution in [0.3, 0.4) is 0 Å². The third kappa shape index (κ3) is 9.36. The maximum absolute atomic E-state index is 13.4. The molecule has 6 N–H and O–H groups in total. The highest BCUT2D eigenvalue weighted by Crippen LogP contribution is 2.23. The van der Waals surface area contributed by atoms with Gasteiger partial charge in [-0.15, -0.1) is 11.3 Å². The van der Waals surface area contributed by atoms with Crippen LogP contribution < -0.4 is 22.1 Å². The summed E-state index contributed by atoms with van der Waals surface area (Å²) < 4.78 is 0. The largest absolute Gasteiger partial charge is 0.370 e. The highest BCUT2D eigenvalue weighted by atomic mass is 32.2. The molecule has 1 aliphatic heterocycles. The third-order valence-electron chi connectivity index (χ3n) is 6.22. The molecule has 3 atom stereocenters. The standard InChI is InChI=1S/C26H35N7O4S2/c1-17(34)33-19(14-31-22(35)10-9-18-6-3-2-4-7-18)15-38-16-21(33)24(37)32-20(8-5-11-30-26(27)28)23(36)25-29-12-13-39-25/h2-4,6-7,12-13,19-21H,5,8-11,14-16H2,1H3,(H,31,35)(H,32,37)(H4,27,28,30)/t19-,20?,21+/m1/s1. The van der Waals surface area contributed by atoms with E-state index in [0.29, 0.717) is 48.7 Å². The van der Waals surface area contributed by atoms with Crippen molar-refractivity contribution in [1.29, 1.82) is 0 Å². The molecule has 1 unspecified atom stereocenters. The van der Waals surface area contributed by atoms with Crippen LogP contribution in [-0.4, -0.2) is 82.1 Å². The molecule has 1 aliphatic rings. The van der Waals surface area contributed by atoms with Crippen LogP contribution in [0, 0.1) is 0 Å². The predicted molar refractivity (Wildman–Crippen MR) is 153 cm³/mol. The number of aromatic nitrogens is 1. The summed E-state index contributed by atoms with van der Waals surface area (Å²) >= 11 is 2.73. The molecule has 2 aromatic rings. The number of hydrogen-bond acceptors (Lipinski definition) is 8. The zero-order valence-electron chi connectivity index (χ0n) is 21.9. The van der Waals surface area contributed by atoms with Crippen LogP contribution in [0.15, 0.2) is 46.9 Å². The van der Waals surface area contributed by atoms with Crippen LogP contribution in [0.5, 0.6) is 0 Å². The number of nitrogens with two attached hydrogens (primary N) is 2. The lowest BCUT2D eigenvalue weighted by Gasteiger charge is -2.41. The van der Waals surface area contributed by atoms with E-state index in [2.05, 4.69) is 20.6 Å². The number of amides is 3. The van der Waals surface area contributed by atoms with E-state index in [1.165, 1.54) is 41.1 Å². The van der Waals surface area contributed by atoms with Gasteiger partial charge in [-0.2, -0.15) is 11.8 Å². The minimum absolute atomic E-state index is 0.0450. The van der Waals surface area contributed by atoms with Gasteiger partial charge in [0, 0.05) is 49.5 Å². The fraction of sp³-hybridized carbons (Fsp3) is 0.462. The van der Waals surface area contributed by atoms with Gasteiger partial charge in [0.2, 0.25) is 23.5 Å². The van der Waals surface area contributed by atoms with E-state index < -0.39 is 18.0 Å². The number of aliphatic imine (C=N–C) groups is 1.